The summed E-state index contributed by atoms with van der Waals surface area (Å²) in [5.74, 6) is 0.705. The second kappa shape index (κ2) is 11.6. The Morgan fingerprint density at radius 1 is 1.17 bits per heavy atom. The number of carbonyl (C=O) groups excluding carboxylic acids is 2. The number of amides is 2. The number of hydrogen-bond acceptors (Lipinski definition) is 6. The molecule has 2 atom stereocenters. The minimum absolute atomic E-state index is 0.194. The van der Waals surface area contributed by atoms with Crippen LogP contribution in [0.5, 0.6) is 11.5 Å². The predicted molar refractivity (Wildman–Crippen MR) is 138 cm³/mol. The summed E-state index contributed by atoms with van der Waals surface area (Å²) in [4.78, 5) is 31.0. The molecule has 0 bridgehead atoms. The van der Waals surface area contributed by atoms with Gasteiger partial charge in [-0.3, -0.25) is 9.69 Å². The number of ether oxygens (including phenoxy) is 3. The Morgan fingerprint density at radius 3 is 2.69 bits per heavy atom. The van der Waals surface area contributed by atoms with E-state index in [1.165, 1.54) is 4.90 Å². The van der Waals surface area contributed by atoms with Gasteiger partial charge in [0, 0.05) is 29.5 Å². The fourth-order valence-electron chi connectivity index (χ4n) is 4.32. The monoisotopic (exact) mass is 489 g/mol. The molecular formula is C28H31N3O5. The first kappa shape index (κ1) is 25.0. The SMILES string of the molecule is C=CCCCCOC(=O)N1C[C@H](Oc2cc(-c3ccccc3)nc3cc(OC)ccc23)C[C@H]1C(N)=O. The summed E-state index contributed by atoms with van der Waals surface area (Å²) in [7, 11) is 1.61. The molecular weight excluding hydrogens is 458 g/mol. The molecule has 4 rings (SSSR count). The fourth-order valence-corrected chi connectivity index (χ4v) is 4.32. The molecule has 2 N–H and O–H groups in total. The van der Waals surface area contributed by atoms with Gasteiger partial charge in [0.15, 0.2) is 0 Å². The number of primary amides is 1. The molecule has 3 aromatic rings. The number of likely N-dealkylation sites (tertiary alicyclic amines) is 1. The number of methoxy groups -OCH3 is 1. The zero-order valence-electron chi connectivity index (χ0n) is 20.4. The topological polar surface area (TPSA) is 104 Å². The number of aromatic nitrogens is 1. The predicted octanol–water partition coefficient (Wildman–Crippen LogP) is 4.71. The third-order valence-electron chi connectivity index (χ3n) is 6.20. The lowest BCUT2D eigenvalue weighted by molar-refractivity contribution is -0.122. The van der Waals surface area contributed by atoms with Crippen LogP contribution in [0.15, 0.2) is 67.3 Å². The van der Waals surface area contributed by atoms with Crippen molar-refractivity contribution in [2.24, 2.45) is 5.73 Å². The molecule has 0 unspecified atom stereocenters. The number of unbranched alkanes of at least 4 members (excludes halogenated alkanes) is 2. The normalized spacial score (nSPS) is 17.1. The van der Waals surface area contributed by atoms with Crippen LogP contribution in [-0.4, -0.2) is 54.3 Å². The van der Waals surface area contributed by atoms with Crippen LogP contribution in [0.2, 0.25) is 0 Å². The van der Waals surface area contributed by atoms with E-state index >= 15 is 0 Å². The van der Waals surface area contributed by atoms with E-state index in [0.29, 0.717) is 17.0 Å². The van der Waals surface area contributed by atoms with E-state index in [1.54, 1.807) is 7.11 Å². The molecule has 1 aliphatic rings. The number of pyridine rings is 1. The van der Waals surface area contributed by atoms with Gasteiger partial charge in [-0.05, 0) is 31.4 Å². The smallest absolute Gasteiger partial charge is 0.410 e. The summed E-state index contributed by atoms with van der Waals surface area (Å²) < 4.78 is 17.2. The molecule has 0 radical (unpaired) electrons. The lowest BCUT2D eigenvalue weighted by Gasteiger charge is -2.21. The van der Waals surface area contributed by atoms with Crippen molar-refractivity contribution in [3.05, 3.63) is 67.3 Å². The van der Waals surface area contributed by atoms with Gasteiger partial charge in [0.1, 0.15) is 23.6 Å². The summed E-state index contributed by atoms with van der Waals surface area (Å²) >= 11 is 0. The molecule has 188 valence electrons. The van der Waals surface area contributed by atoms with Gasteiger partial charge in [0.2, 0.25) is 5.91 Å². The molecule has 1 aromatic heterocycles. The fraction of sp³-hybridized carbons (Fsp3) is 0.321. The largest absolute Gasteiger partial charge is 0.497 e. The summed E-state index contributed by atoms with van der Waals surface area (Å²) in [6.45, 7) is 4.16. The van der Waals surface area contributed by atoms with Crippen molar-refractivity contribution in [3.63, 3.8) is 0 Å². The number of carbonyl (C=O) groups is 2. The van der Waals surface area contributed by atoms with E-state index in [1.807, 2.05) is 60.7 Å². The van der Waals surface area contributed by atoms with Crippen LogP contribution in [0.25, 0.3) is 22.2 Å². The molecule has 36 heavy (non-hydrogen) atoms. The molecule has 1 saturated heterocycles. The standard InChI is InChI=1S/C28H31N3O5/c1-3-4-5-9-14-35-28(33)31-18-21(16-25(31)27(29)32)36-26-17-23(19-10-7-6-8-11-19)30-24-15-20(34-2)12-13-22(24)26/h3,6-8,10-13,15,17,21,25H,1,4-5,9,14,16,18H2,2H3,(H2,29,32)/t21-,25+/m1/s1. The highest BCUT2D eigenvalue weighted by Crippen LogP contribution is 2.34. The van der Waals surface area contributed by atoms with E-state index in [2.05, 4.69) is 6.58 Å². The lowest BCUT2D eigenvalue weighted by Crippen LogP contribution is -2.44. The maximum Gasteiger partial charge on any atom is 0.410 e. The Kier molecular flexibility index (Phi) is 8.05. The van der Waals surface area contributed by atoms with Crippen molar-refractivity contribution in [2.75, 3.05) is 20.3 Å². The summed E-state index contributed by atoms with van der Waals surface area (Å²) in [5, 5.41) is 0.800. The second-order valence-electron chi connectivity index (χ2n) is 8.70. The molecule has 8 nitrogen and oxygen atoms in total. The van der Waals surface area contributed by atoms with E-state index in [-0.39, 0.29) is 19.6 Å². The van der Waals surface area contributed by atoms with Crippen LogP contribution in [0.1, 0.15) is 25.7 Å². The Labute approximate surface area is 210 Å². The van der Waals surface area contributed by atoms with Crippen LogP contribution < -0.4 is 15.2 Å². The van der Waals surface area contributed by atoms with E-state index in [4.69, 9.17) is 24.9 Å². The van der Waals surface area contributed by atoms with Crippen LogP contribution in [0.3, 0.4) is 0 Å². The molecule has 2 amide bonds. The minimum atomic E-state index is -0.794. The van der Waals surface area contributed by atoms with Gasteiger partial charge in [-0.1, -0.05) is 36.4 Å². The van der Waals surface area contributed by atoms with Crippen LogP contribution >= 0.6 is 0 Å². The van der Waals surface area contributed by atoms with Crippen LogP contribution in [-0.2, 0) is 9.53 Å². The van der Waals surface area contributed by atoms with Gasteiger partial charge in [0.25, 0.3) is 0 Å². The Hall–Kier alpha value is -4.07. The average molecular weight is 490 g/mol. The molecule has 0 aliphatic carbocycles. The van der Waals surface area contributed by atoms with Crippen molar-refractivity contribution in [1.82, 2.24) is 9.88 Å². The van der Waals surface area contributed by atoms with Crippen molar-refractivity contribution < 1.29 is 23.8 Å². The van der Waals surface area contributed by atoms with Crippen molar-refractivity contribution in [2.45, 2.75) is 37.8 Å². The van der Waals surface area contributed by atoms with E-state index < -0.39 is 24.1 Å². The summed E-state index contributed by atoms with van der Waals surface area (Å²) in [5.41, 5.74) is 8.02. The third-order valence-corrected chi connectivity index (χ3v) is 6.20. The Morgan fingerprint density at radius 2 is 1.97 bits per heavy atom. The van der Waals surface area contributed by atoms with Gasteiger partial charge in [0.05, 0.1) is 31.5 Å². The molecule has 2 aromatic carbocycles. The van der Waals surface area contributed by atoms with Gasteiger partial charge < -0.3 is 19.9 Å². The van der Waals surface area contributed by atoms with E-state index in [0.717, 1.165) is 35.9 Å². The first-order valence-corrected chi connectivity index (χ1v) is 12.0. The minimum Gasteiger partial charge on any atom is -0.497 e. The number of allylic oxidation sites excluding steroid dienone is 1. The molecule has 2 heterocycles. The highest BCUT2D eigenvalue weighted by atomic mass is 16.6. The quantitative estimate of drug-likeness (QED) is 0.327. The highest BCUT2D eigenvalue weighted by Gasteiger charge is 2.41. The maximum absolute atomic E-state index is 12.7. The van der Waals surface area contributed by atoms with Gasteiger partial charge in [-0.15, -0.1) is 6.58 Å². The zero-order valence-corrected chi connectivity index (χ0v) is 20.4. The number of benzene rings is 2. The average Bonchev–Trinajstić information content (AvgIpc) is 3.33. The van der Waals surface area contributed by atoms with Gasteiger partial charge >= 0.3 is 6.09 Å². The van der Waals surface area contributed by atoms with Crippen molar-refractivity contribution in [3.8, 4) is 22.8 Å². The summed E-state index contributed by atoms with van der Waals surface area (Å²) in [6.07, 6.45) is 3.58. The first-order chi connectivity index (χ1) is 17.5. The van der Waals surface area contributed by atoms with Crippen molar-refractivity contribution in [1.29, 1.82) is 0 Å². The molecule has 1 aliphatic heterocycles. The van der Waals surface area contributed by atoms with Gasteiger partial charge in [-0.25, -0.2) is 9.78 Å². The third kappa shape index (κ3) is 5.76. The lowest BCUT2D eigenvalue weighted by atomic mass is 10.1. The van der Waals surface area contributed by atoms with Gasteiger partial charge in [-0.2, -0.15) is 0 Å². The number of nitrogens with zero attached hydrogens (tertiary/aromatic N) is 2. The Balaban J connectivity index is 1.57. The van der Waals surface area contributed by atoms with E-state index in [9.17, 15) is 9.59 Å². The number of nitrogens with two attached hydrogens (primary N) is 1. The second-order valence-corrected chi connectivity index (χ2v) is 8.70. The number of fused-ring (bicyclic) bond motifs is 1. The van der Waals surface area contributed by atoms with Crippen LogP contribution in [0, 0.1) is 0 Å². The van der Waals surface area contributed by atoms with Crippen LogP contribution in [0.4, 0.5) is 4.79 Å². The number of hydrogen-bond donors (Lipinski definition) is 1. The molecule has 0 saturated carbocycles. The zero-order chi connectivity index (χ0) is 25.5. The number of rotatable bonds is 10. The van der Waals surface area contributed by atoms with Crippen molar-refractivity contribution >= 4 is 22.9 Å². The maximum atomic E-state index is 12.7. The first-order valence-electron chi connectivity index (χ1n) is 12.0. The molecule has 1 fully saturated rings. The molecule has 8 heteroatoms. The molecule has 0 spiro atoms. The summed E-state index contributed by atoms with van der Waals surface area (Å²) in [6, 6.07) is 16.5. The highest BCUT2D eigenvalue weighted by molar-refractivity contribution is 5.89. The Bertz CT molecular complexity index is 1230.